The van der Waals surface area contributed by atoms with Crippen molar-refractivity contribution in [3.05, 3.63) is 58.0 Å². The number of likely N-dealkylation sites (tertiary alicyclic amines) is 1. The van der Waals surface area contributed by atoms with E-state index in [9.17, 15) is 9.90 Å². The number of carbonyl (C=O) groups excluding carboxylic acids is 1. The largest absolute Gasteiger partial charge is 0.385 e. The van der Waals surface area contributed by atoms with Gasteiger partial charge in [0.2, 0.25) is 0 Å². The summed E-state index contributed by atoms with van der Waals surface area (Å²) < 4.78 is 1.93. The molecule has 0 unspecified atom stereocenters. The molecular formula is C22H26ClN5O2. The molecule has 3 aromatic rings. The van der Waals surface area contributed by atoms with Crippen LogP contribution in [0.15, 0.2) is 30.3 Å². The van der Waals surface area contributed by atoms with Gasteiger partial charge in [-0.2, -0.15) is 10.2 Å². The molecule has 7 nitrogen and oxygen atoms in total. The van der Waals surface area contributed by atoms with Gasteiger partial charge in [-0.3, -0.25) is 14.6 Å². The number of carbonyl (C=O) groups is 1. The number of aromatic nitrogens is 4. The highest BCUT2D eigenvalue weighted by Gasteiger charge is 2.36. The van der Waals surface area contributed by atoms with Crippen LogP contribution >= 0.6 is 11.6 Å². The molecule has 0 bridgehead atoms. The highest BCUT2D eigenvalue weighted by atomic mass is 35.5. The van der Waals surface area contributed by atoms with Gasteiger partial charge in [0, 0.05) is 35.9 Å². The van der Waals surface area contributed by atoms with Gasteiger partial charge in [0.25, 0.3) is 5.91 Å². The lowest BCUT2D eigenvalue weighted by atomic mass is 9.84. The van der Waals surface area contributed by atoms with Crippen LogP contribution in [-0.2, 0) is 12.1 Å². The number of hydrogen-bond donors (Lipinski definition) is 2. The first-order chi connectivity index (χ1) is 14.3. The third-order valence-corrected chi connectivity index (χ3v) is 6.26. The van der Waals surface area contributed by atoms with Gasteiger partial charge in [0.1, 0.15) is 5.69 Å². The summed E-state index contributed by atoms with van der Waals surface area (Å²) in [5.74, 6) is -0.106. The van der Waals surface area contributed by atoms with Gasteiger partial charge >= 0.3 is 0 Å². The fraction of sp³-hybridized carbons (Fsp3) is 0.409. The molecule has 4 rings (SSSR count). The first-order valence-electron chi connectivity index (χ1n) is 10.2. The molecule has 1 aromatic carbocycles. The summed E-state index contributed by atoms with van der Waals surface area (Å²) in [7, 11) is 0. The fourth-order valence-corrected chi connectivity index (χ4v) is 4.36. The van der Waals surface area contributed by atoms with E-state index in [1.54, 1.807) is 23.1 Å². The highest BCUT2D eigenvalue weighted by molar-refractivity contribution is 6.30. The molecule has 8 heteroatoms. The van der Waals surface area contributed by atoms with Gasteiger partial charge in [-0.25, -0.2) is 0 Å². The van der Waals surface area contributed by atoms with Crippen molar-refractivity contribution >= 4 is 17.5 Å². The Hall–Kier alpha value is -2.64. The van der Waals surface area contributed by atoms with E-state index in [1.165, 1.54) is 0 Å². The van der Waals surface area contributed by atoms with E-state index in [-0.39, 0.29) is 5.91 Å². The first-order valence-corrected chi connectivity index (χ1v) is 10.6. The number of H-pyrrole nitrogens is 1. The van der Waals surface area contributed by atoms with Gasteiger partial charge in [0.15, 0.2) is 0 Å². The molecule has 158 valence electrons. The Morgan fingerprint density at radius 2 is 1.90 bits per heavy atom. The Bertz CT molecular complexity index is 1060. The molecule has 1 saturated heterocycles. The van der Waals surface area contributed by atoms with Crippen molar-refractivity contribution in [2.75, 3.05) is 13.1 Å². The zero-order valence-corrected chi connectivity index (χ0v) is 18.2. The number of nitrogens with one attached hydrogen (secondary N) is 1. The number of benzene rings is 1. The van der Waals surface area contributed by atoms with E-state index >= 15 is 0 Å². The quantitative estimate of drug-likeness (QED) is 0.664. The Morgan fingerprint density at radius 3 is 2.50 bits per heavy atom. The number of aryl methyl sites for hydroxylation is 2. The standard InChI is InChI=1S/C22H26ClN5O2/c1-4-28-15(3)20(14(2)26-28)18-13-19(25-24-18)21(29)27-11-9-22(30,10-12-27)16-5-7-17(23)8-6-16/h5-8,13,30H,4,9-12H2,1-3H3,(H,24,25). The third-order valence-electron chi connectivity index (χ3n) is 6.00. The van der Waals surface area contributed by atoms with E-state index in [1.807, 2.05) is 37.6 Å². The average molecular weight is 428 g/mol. The number of hydrogen-bond acceptors (Lipinski definition) is 4. The Labute approximate surface area is 180 Å². The van der Waals surface area contributed by atoms with Crippen LogP contribution in [0.4, 0.5) is 0 Å². The van der Waals surface area contributed by atoms with Crippen LogP contribution in [0.2, 0.25) is 5.02 Å². The van der Waals surface area contributed by atoms with Crippen LogP contribution in [0.25, 0.3) is 11.3 Å². The molecule has 0 spiro atoms. The number of nitrogens with zero attached hydrogens (tertiary/aromatic N) is 4. The van der Waals surface area contributed by atoms with Crippen LogP contribution in [-0.4, -0.2) is 49.0 Å². The Kier molecular flexibility index (Phi) is 5.42. The van der Waals surface area contributed by atoms with E-state index in [4.69, 9.17) is 11.6 Å². The second-order valence-corrected chi connectivity index (χ2v) is 8.30. The summed E-state index contributed by atoms with van der Waals surface area (Å²) in [4.78, 5) is 14.8. The summed E-state index contributed by atoms with van der Waals surface area (Å²) in [5, 5.41) is 23.5. The van der Waals surface area contributed by atoms with Crippen LogP contribution in [0.3, 0.4) is 0 Å². The first kappa shape index (κ1) is 20.6. The van der Waals surface area contributed by atoms with E-state index < -0.39 is 5.60 Å². The lowest BCUT2D eigenvalue weighted by Crippen LogP contribution is -2.45. The number of piperidine rings is 1. The fourth-order valence-electron chi connectivity index (χ4n) is 4.23. The number of aliphatic hydroxyl groups is 1. The Morgan fingerprint density at radius 1 is 1.23 bits per heavy atom. The molecule has 1 fully saturated rings. The van der Waals surface area contributed by atoms with Crippen LogP contribution in [0.5, 0.6) is 0 Å². The topological polar surface area (TPSA) is 87.0 Å². The van der Waals surface area contributed by atoms with Gasteiger partial charge < -0.3 is 10.0 Å². The summed E-state index contributed by atoms with van der Waals surface area (Å²) in [6.07, 6.45) is 0.950. The second-order valence-electron chi connectivity index (χ2n) is 7.86. The van der Waals surface area contributed by atoms with Crippen LogP contribution in [0.1, 0.15) is 47.2 Å². The summed E-state index contributed by atoms with van der Waals surface area (Å²) in [6.45, 7) is 7.73. The molecule has 0 radical (unpaired) electrons. The molecule has 2 aromatic heterocycles. The SMILES string of the molecule is CCn1nc(C)c(-c2cc(C(=O)N3CCC(O)(c4ccc(Cl)cc4)CC3)[nH]n2)c1C. The zero-order valence-electron chi connectivity index (χ0n) is 17.4. The average Bonchev–Trinajstić information content (AvgIpc) is 3.32. The molecule has 0 atom stereocenters. The van der Waals surface area contributed by atoms with Crippen molar-refractivity contribution in [1.82, 2.24) is 24.9 Å². The maximum Gasteiger partial charge on any atom is 0.271 e. The molecule has 0 aliphatic carbocycles. The van der Waals surface area contributed by atoms with Crippen molar-refractivity contribution in [3.8, 4) is 11.3 Å². The third kappa shape index (κ3) is 3.63. The number of rotatable bonds is 4. The molecular weight excluding hydrogens is 402 g/mol. The minimum atomic E-state index is -0.941. The number of halogens is 1. The molecule has 3 heterocycles. The molecule has 0 saturated carbocycles. The summed E-state index contributed by atoms with van der Waals surface area (Å²) in [5.41, 5.74) is 3.96. The monoisotopic (exact) mass is 427 g/mol. The van der Waals surface area contributed by atoms with Crippen molar-refractivity contribution in [2.45, 2.75) is 45.8 Å². The predicted octanol–water partition coefficient (Wildman–Crippen LogP) is 3.69. The maximum atomic E-state index is 13.0. The molecule has 1 amide bonds. The predicted molar refractivity (Wildman–Crippen MR) is 115 cm³/mol. The lowest BCUT2D eigenvalue weighted by Gasteiger charge is -2.38. The second kappa shape index (κ2) is 7.89. The minimum Gasteiger partial charge on any atom is -0.385 e. The van der Waals surface area contributed by atoms with Crippen molar-refractivity contribution in [1.29, 1.82) is 0 Å². The molecule has 30 heavy (non-hydrogen) atoms. The summed E-state index contributed by atoms with van der Waals surface area (Å²) in [6, 6.07) is 9.05. The van der Waals surface area contributed by atoms with Gasteiger partial charge in [-0.1, -0.05) is 23.7 Å². The van der Waals surface area contributed by atoms with Gasteiger partial charge in [-0.15, -0.1) is 0 Å². The Balaban J connectivity index is 1.48. The van der Waals surface area contributed by atoms with Crippen molar-refractivity contribution in [3.63, 3.8) is 0 Å². The van der Waals surface area contributed by atoms with Crippen LogP contribution < -0.4 is 0 Å². The molecule has 2 N–H and O–H groups in total. The van der Waals surface area contributed by atoms with Crippen molar-refractivity contribution < 1.29 is 9.90 Å². The summed E-state index contributed by atoms with van der Waals surface area (Å²) >= 11 is 5.95. The number of amides is 1. The van der Waals surface area contributed by atoms with E-state index in [0.29, 0.717) is 36.6 Å². The van der Waals surface area contributed by atoms with E-state index in [2.05, 4.69) is 15.3 Å². The lowest BCUT2D eigenvalue weighted by molar-refractivity contribution is -0.0212. The highest BCUT2D eigenvalue weighted by Crippen LogP contribution is 2.34. The van der Waals surface area contributed by atoms with Crippen LogP contribution in [0, 0.1) is 13.8 Å². The normalized spacial score (nSPS) is 16.1. The zero-order chi connectivity index (χ0) is 21.5. The molecule has 1 aliphatic heterocycles. The maximum absolute atomic E-state index is 13.0. The van der Waals surface area contributed by atoms with E-state index in [0.717, 1.165) is 34.8 Å². The van der Waals surface area contributed by atoms with Gasteiger partial charge in [-0.05, 0) is 57.4 Å². The smallest absolute Gasteiger partial charge is 0.271 e. The molecule has 1 aliphatic rings. The van der Waals surface area contributed by atoms with Gasteiger partial charge in [0.05, 0.1) is 17.0 Å². The number of aromatic amines is 1. The minimum absolute atomic E-state index is 0.106. The van der Waals surface area contributed by atoms with Crippen molar-refractivity contribution in [2.24, 2.45) is 0 Å².